The maximum absolute atomic E-state index is 14.2. The predicted molar refractivity (Wildman–Crippen MR) is 124 cm³/mol. The molecule has 0 aliphatic heterocycles. The van der Waals surface area contributed by atoms with Gasteiger partial charge in [-0.1, -0.05) is 11.6 Å². The van der Waals surface area contributed by atoms with Crippen LogP contribution in [-0.4, -0.2) is 52.8 Å². The highest BCUT2D eigenvalue weighted by molar-refractivity contribution is 6.37. The lowest BCUT2D eigenvalue weighted by Crippen LogP contribution is -2.62. The Kier molecular flexibility index (Phi) is 8.34. The Hall–Kier alpha value is -2.67. The number of carbonyl (C=O) groups is 2. The summed E-state index contributed by atoms with van der Waals surface area (Å²) in [4.78, 5) is 35.1. The molecule has 1 saturated carbocycles. The van der Waals surface area contributed by atoms with Gasteiger partial charge >= 0.3 is 5.57 Å². The highest BCUT2D eigenvalue weighted by Gasteiger charge is 2.48. The molecule has 1 aromatic heterocycles. The average molecular weight is 553 g/mol. The summed E-state index contributed by atoms with van der Waals surface area (Å²) in [6.07, 6.45) is 2.68. The normalized spacial score (nSPS) is 18.5. The zero-order valence-corrected chi connectivity index (χ0v) is 20.2. The van der Waals surface area contributed by atoms with E-state index in [1.807, 2.05) is 0 Å². The molecule has 36 heavy (non-hydrogen) atoms. The molecule has 15 heteroatoms. The molecule has 2 amide bonds. The molecule has 1 aliphatic rings. The molecule has 2 aromatic rings. The number of amides is 2. The predicted octanol–water partition coefficient (Wildman–Crippen LogP) is 3.69. The van der Waals surface area contributed by atoms with E-state index in [9.17, 15) is 31.5 Å². The molecule has 0 spiro atoms. The molecule has 1 N–H and O–H groups in total. The summed E-state index contributed by atoms with van der Waals surface area (Å²) in [5.41, 5.74) is -8.72. The summed E-state index contributed by atoms with van der Waals surface area (Å²) >= 11 is 10.2. The summed E-state index contributed by atoms with van der Waals surface area (Å²) in [6.45, 7) is 0. The van der Waals surface area contributed by atoms with E-state index in [1.165, 1.54) is 20.2 Å². The molecule has 7 nitrogen and oxygen atoms in total. The van der Waals surface area contributed by atoms with Crippen LogP contribution in [0.1, 0.15) is 31.2 Å². The van der Waals surface area contributed by atoms with Crippen LogP contribution in [0, 0.1) is 0 Å². The lowest BCUT2D eigenvalue weighted by molar-refractivity contribution is -0.130. The van der Waals surface area contributed by atoms with Crippen molar-refractivity contribution >= 4 is 48.5 Å². The van der Waals surface area contributed by atoms with E-state index in [0.29, 0.717) is 0 Å². The average Bonchev–Trinajstić information content (AvgIpc) is 2.81. The maximum Gasteiger partial charge on any atom is 0.487 e. The Morgan fingerprint density at radius 2 is 1.72 bits per heavy atom. The van der Waals surface area contributed by atoms with Crippen LogP contribution < -0.4 is 15.0 Å². The van der Waals surface area contributed by atoms with Gasteiger partial charge in [0.25, 0.3) is 11.5 Å². The Bertz CT molecular complexity index is 1070. The van der Waals surface area contributed by atoms with Gasteiger partial charge in [-0.05, 0) is 37.1 Å². The lowest BCUT2D eigenvalue weighted by Gasteiger charge is -2.42. The lowest BCUT2D eigenvalue weighted by atomic mass is 9.69. The Balaban J connectivity index is 2.04. The van der Waals surface area contributed by atoms with Crippen molar-refractivity contribution in [2.45, 2.75) is 54.3 Å². The van der Waals surface area contributed by atoms with Crippen molar-refractivity contribution in [3.05, 3.63) is 48.5 Å². The SMILES string of the molecule is B[C@](C(=O)NC1CCC(F)(F)CC1)(c1cncnc1)N(C(=O)[C@H](F)Cl)c1ccc(OC(F)(F)Cl)cc1. The highest BCUT2D eigenvalue weighted by atomic mass is 35.5. The fourth-order valence-electron chi connectivity index (χ4n) is 3.92. The summed E-state index contributed by atoms with van der Waals surface area (Å²) in [5.74, 6) is -5.43. The third kappa shape index (κ3) is 6.55. The molecule has 194 valence electrons. The summed E-state index contributed by atoms with van der Waals surface area (Å²) in [5, 5.41) is 2.65. The Labute approximate surface area is 213 Å². The second-order valence-electron chi connectivity index (χ2n) is 8.32. The van der Waals surface area contributed by atoms with Gasteiger partial charge in [-0.15, -0.1) is 8.78 Å². The molecular weight excluding hydrogens is 533 g/mol. The van der Waals surface area contributed by atoms with Gasteiger partial charge in [0.15, 0.2) is 7.85 Å². The number of benzene rings is 1. The van der Waals surface area contributed by atoms with Crippen LogP contribution in [-0.2, 0) is 15.0 Å². The molecule has 1 heterocycles. The first kappa shape index (κ1) is 27.9. The summed E-state index contributed by atoms with van der Waals surface area (Å²) < 4.78 is 71.6. The number of anilines is 1. The van der Waals surface area contributed by atoms with Gasteiger partial charge in [0.05, 0.1) is 0 Å². The molecule has 0 saturated heterocycles. The minimum Gasteiger partial charge on any atom is -0.420 e. The number of carbonyl (C=O) groups excluding carboxylic acids is 2. The second kappa shape index (κ2) is 10.8. The standard InChI is InChI=1S/C21H20BCl2F5N4O3/c22-20(12-9-30-11-31-10-12,18(35)32-13-5-7-19(26,27)8-6-13)33(17(34)16(23)25)14-1-3-15(4-2-14)36-21(24,28)29/h1-4,9-11,13,16H,5-8,22H2,(H,32,35)/t16-,20+/m0/s1. The van der Waals surface area contributed by atoms with Crippen molar-refractivity contribution < 1.29 is 36.3 Å². The topological polar surface area (TPSA) is 84.4 Å². The van der Waals surface area contributed by atoms with Gasteiger partial charge in [0.1, 0.15) is 17.5 Å². The Morgan fingerprint density at radius 3 is 2.22 bits per heavy atom. The first-order valence-corrected chi connectivity index (χ1v) is 11.5. The smallest absolute Gasteiger partial charge is 0.420 e. The largest absolute Gasteiger partial charge is 0.487 e. The van der Waals surface area contributed by atoms with Crippen LogP contribution in [0.25, 0.3) is 0 Å². The van der Waals surface area contributed by atoms with E-state index in [0.717, 1.165) is 35.5 Å². The quantitative estimate of drug-likeness (QED) is 0.307. The minimum atomic E-state index is -4.01. The first-order chi connectivity index (χ1) is 16.7. The second-order valence-corrected chi connectivity index (χ2v) is 9.14. The molecule has 1 aromatic carbocycles. The number of halogens is 7. The van der Waals surface area contributed by atoms with Gasteiger partial charge < -0.3 is 10.1 Å². The van der Waals surface area contributed by atoms with Crippen LogP contribution in [0.2, 0.25) is 0 Å². The van der Waals surface area contributed by atoms with Gasteiger partial charge in [0, 0.05) is 54.1 Å². The van der Waals surface area contributed by atoms with E-state index in [-0.39, 0.29) is 29.8 Å². The van der Waals surface area contributed by atoms with Gasteiger partial charge in [0.2, 0.25) is 11.8 Å². The van der Waals surface area contributed by atoms with E-state index in [1.54, 1.807) is 0 Å². The van der Waals surface area contributed by atoms with Crippen LogP contribution in [0.4, 0.5) is 27.6 Å². The molecule has 0 bridgehead atoms. The Morgan fingerprint density at radius 1 is 1.17 bits per heavy atom. The molecule has 2 atom stereocenters. The molecule has 0 radical (unpaired) electrons. The summed E-state index contributed by atoms with van der Waals surface area (Å²) in [6, 6.07) is 3.64. The molecular formula is C21H20BCl2F5N4O3. The zero-order chi connectivity index (χ0) is 26.7. The third-order valence-corrected chi connectivity index (χ3v) is 6.06. The van der Waals surface area contributed by atoms with Crippen LogP contribution >= 0.6 is 23.2 Å². The van der Waals surface area contributed by atoms with E-state index >= 15 is 0 Å². The number of nitrogens with zero attached hydrogens (tertiary/aromatic N) is 3. The summed E-state index contributed by atoms with van der Waals surface area (Å²) in [7, 11) is 1.27. The molecule has 1 fully saturated rings. The number of alkyl halides is 7. The number of aromatic nitrogens is 2. The van der Waals surface area contributed by atoms with Crippen molar-refractivity contribution in [1.82, 2.24) is 15.3 Å². The third-order valence-electron chi connectivity index (χ3n) is 5.80. The van der Waals surface area contributed by atoms with Crippen molar-refractivity contribution in [2.24, 2.45) is 0 Å². The number of rotatable bonds is 8. The number of nitrogens with one attached hydrogen (secondary N) is 1. The minimum absolute atomic E-state index is 0.0199. The molecule has 1 aliphatic carbocycles. The van der Waals surface area contributed by atoms with Crippen LogP contribution in [0.15, 0.2) is 43.0 Å². The van der Waals surface area contributed by atoms with Crippen molar-refractivity contribution in [3.63, 3.8) is 0 Å². The number of ether oxygens (including phenoxy) is 1. The van der Waals surface area contributed by atoms with Crippen LogP contribution in [0.5, 0.6) is 5.75 Å². The van der Waals surface area contributed by atoms with E-state index in [4.69, 9.17) is 23.2 Å². The zero-order valence-electron chi connectivity index (χ0n) is 18.7. The maximum atomic E-state index is 14.2. The molecule has 0 unspecified atom stereocenters. The van der Waals surface area contributed by atoms with Gasteiger partial charge in [-0.3, -0.25) is 14.5 Å². The highest BCUT2D eigenvalue weighted by Crippen LogP contribution is 2.36. The number of hydrogen-bond donors (Lipinski definition) is 1. The number of hydrogen-bond acceptors (Lipinski definition) is 5. The van der Waals surface area contributed by atoms with Gasteiger partial charge in [-0.25, -0.2) is 23.1 Å². The first-order valence-electron chi connectivity index (χ1n) is 10.7. The van der Waals surface area contributed by atoms with Crippen LogP contribution in [0.3, 0.4) is 0 Å². The fraction of sp³-hybridized carbons (Fsp3) is 0.429. The van der Waals surface area contributed by atoms with Crippen molar-refractivity contribution in [3.8, 4) is 5.75 Å². The fourth-order valence-corrected chi connectivity index (χ4v) is 4.11. The monoisotopic (exact) mass is 552 g/mol. The molecule has 3 rings (SSSR count). The van der Waals surface area contributed by atoms with Crippen molar-refractivity contribution in [2.75, 3.05) is 4.90 Å². The van der Waals surface area contributed by atoms with E-state index in [2.05, 4.69) is 20.0 Å². The van der Waals surface area contributed by atoms with E-state index < -0.39 is 53.3 Å². The van der Waals surface area contributed by atoms with Crippen molar-refractivity contribution in [1.29, 1.82) is 0 Å². The van der Waals surface area contributed by atoms with Gasteiger partial charge in [-0.2, -0.15) is 0 Å².